The number of benzene rings is 3. The summed E-state index contributed by atoms with van der Waals surface area (Å²) in [7, 11) is 0. The summed E-state index contributed by atoms with van der Waals surface area (Å²) >= 11 is 0. The number of alkyl carbamates (subject to hydrolysis) is 1. The van der Waals surface area contributed by atoms with Gasteiger partial charge < -0.3 is 31.1 Å². The minimum absolute atomic E-state index is 0.00977. The van der Waals surface area contributed by atoms with E-state index in [4.69, 9.17) is 4.74 Å². The van der Waals surface area contributed by atoms with Crippen LogP contribution in [0.5, 0.6) is 0 Å². The number of aliphatic hydroxyl groups excluding tert-OH is 1. The zero-order valence-electron chi connectivity index (χ0n) is 30.8. The van der Waals surface area contributed by atoms with E-state index < -0.39 is 17.7 Å². The molecule has 1 heterocycles. The Morgan fingerprint density at radius 2 is 1.70 bits per heavy atom. The van der Waals surface area contributed by atoms with E-state index in [1.54, 1.807) is 6.20 Å². The van der Waals surface area contributed by atoms with Gasteiger partial charge in [-0.3, -0.25) is 19.5 Å². The van der Waals surface area contributed by atoms with Gasteiger partial charge in [-0.1, -0.05) is 30.3 Å². The first-order chi connectivity index (χ1) is 25.3. The van der Waals surface area contributed by atoms with Crippen molar-refractivity contribution in [2.75, 3.05) is 11.9 Å². The van der Waals surface area contributed by atoms with Crippen LogP contribution in [-0.4, -0.2) is 69.5 Å². The first-order valence-corrected chi connectivity index (χ1v) is 18.5. The van der Waals surface area contributed by atoms with Crippen molar-refractivity contribution >= 4 is 40.4 Å². The van der Waals surface area contributed by atoms with Crippen LogP contribution < -0.4 is 21.3 Å². The lowest BCUT2D eigenvalue weighted by Gasteiger charge is -2.32. The molecule has 53 heavy (non-hydrogen) atoms. The zero-order valence-corrected chi connectivity index (χ0v) is 30.8. The zero-order chi connectivity index (χ0) is 37.7. The first kappa shape index (κ1) is 37.5. The fourth-order valence-electron chi connectivity index (χ4n) is 7.07. The number of fused-ring (bicyclic) bond motifs is 1. The monoisotopic (exact) mass is 722 g/mol. The fourth-order valence-corrected chi connectivity index (χ4v) is 7.07. The average Bonchev–Trinajstić information content (AvgIpc) is 3.58. The van der Waals surface area contributed by atoms with E-state index in [0.29, 0.717) is 43.5 Å². The van der Waals surface area contributed by atoms with Crippen LogP contribution in [0, 0.1) is 18.8 Å². The number of ether oxygens (including phenoxy) is 1. The van der Waals surface area contributed by atoms with Gasteiger partial charge in [0.15, 0.2) is 0 Å². The molecule has 2 fully saturated rings. The number of aromatic amines is 1. The summed E-state index contributed by atoms with van der Waals surface area (Å²) in [6.07, 6.45) is 5.28. The van der Waals surface area contributed by atoms with Crippen molar-refractivity contribution in [1.82, 2.24) is 26.1 Å². The molecular formula is C41H50N6O6. The largest absolute Gasteiger partial charge is 0.444 e. The molecule has 4 amide bonds. The molecule has 1 aromatic heterocycles. The fraction of sp³-hybridized carbons (Fsp3) is 0.439. The Balaban J connectivity index is 1.10. The third-order valence-electron chi connectivity index (χ3n) is 10.1. The van der Waals surface area contributed by atoms with E-state index in [0.717, 1.165) is 46.0 Å². The van der Waals surface area contributed by atoms with Crippen LogP contribution in [0.3, 0.4) is 0 Å². The number of amides is 4. The van der Waals surface area contributed by atoms with Gasteiger partial charge in [0.05, 0.1) is 17.8 Å². The van der Waals surface area contributed by atoms with Gasteiger partial charge in [0.2, 0.25) is 11.8 Å². The minimum atomic E-state index is -0.825. The lowest BCUT2D eigenvalue weighted by Crippen LogP contribution is -2.48. The standard InChI is InChI=1S/C41H50N6O6/c1-24-17-29(38(50)45-32-19-33(48)20-32)14-16-34(24)27-9-5-25(6-10-27)18-36(39(51)44-31-15-13-30-23-43-47-35(30)21-31)46-37(49)28-11-7-26(8-12-28)22-42-40(52)53-41(2,3)4/h5-6,9-10,13-17,21,23,26,28,32-33,36,48H,7-8,11-12,18-20,22H2,1-4H3,(H,42,52)(H,43,47)(H,44,51)(H,45,50)(H,46,49)/t26?,28?,32?,33?,36-/m0/s1. The van der Waals surface area contributed by atoms with Crippen molar-refractivity contribution in [2.45, 2.75) is 96.4 Å². The molecule has 1 atom stereocenters. The molecule has 2 aliphatic carbocycles. The maximum Gasteiger partial charge on any atom is 0.407 e. The normalized spacial score (nSPS) is 20.5. The van der Waals surface area contributed by atoms with Crippen molar-refractivity contribution in [3.63, 3.8) is 0 Å². The molecule has 6 rings (SSSR count). The Morgan fingerprint density at radius 3 is 2.38 bits per heavy atom. The molecule has 0 aliphatic heterocycles. The van der Waals surface area contributed by atoms with Gasteiger partial charge in [-0.25, -0.2) is 4.79 Å². The highest BCUT2D eigenvalue weighted by Crippen LogP contribution is 2.30. The third-order valence-corrected chi connectivity index (χ3v) is 10.1. The molecule has 3 aromatic carbocycles. The number of aromatic nitrogens is 2. The van der Waals surface area contributed by atoms with Gasteiger partial charge in [-0.15, -0.1) is 0 Å². The first-order valence-electron chi connectivity index (χ1n) is 18.5. The number of carbonyl (C=O) groups is 4. The summed E-state index contributed by atoms with van der Waals surface area (Å²) in [6.45, 7) is 7.94. The predicted molar refractivity (Wildman–Crippen MR) is 203 cm³/mol. The van der Waals surface area contributed by atoms with Gasteiger partial charge in [0, 0.05) is 41.6 Å². The number of nitrogens with zero attached hydrogens (tertiary/aromatic N) is 1. The number of rotatable bonds is 11. The topological polar surface area (TPSA) is 175 Å². The van der Waals surface area contributed by atoms with Crippen molar-refractivity contribution in [3.8, 4) is 11.1 Å². The molecule has 12 heteroatoms. The van der Waals surface area contributed by atoms with Crippen LogP contribution >= 0.6 is 0 Å². The second-order valence-corrected chi connectivity index (χ2v) is 15.5. The van der Waals surface area contributed by atoms with Gasteiger partial charge in [-0.2, -0.15) is 5.10 Å². The second-order valence-electron chi connectivity index (χ2n) is 15.5. The molecule has 2 saturated carbocycles. The van der Waals surface area contributed by atoms with Crippen molar-refractivity contribution in [2.24, 2.45) is 11.8 Å². The SMILES string of the molecule is Cc1cc(C(=O)NC2CC(O)C2)ccc1-c1ccc(C[C@H](NC(=O)C2CCC(CNC(=O)OC(C)(C)C)CC2)C(=O)Nc2ccc3cn[nH]c3c2)cc1. The molecular weight excluding hydrogens is 672 g/mol. The number of H-pyrrole nitrogens is 1. The van der Waals surface area contributed by atoms with E-state index in [1.165, 1.54) is 0 Å². The number of aliphatic hydroxyl groups is 1. The Labute approximate surface area is 309 Å². The number of carbonyl (C=O) groups excluding carboxylic acids is 4. The van der Waals surface area contributed by atoms with Crippen LogP contribution in [-0.2, 0) is 20.7 Å². The number of nitrogens with one attached hydrogen (secondary N) is 5. The predicted octanol–water partition coefficient (Wildman–Crippen LogP) is 5.79. The van der Waals surface area contributed by atoms with Gasteiger partial charge in [-0.05, 0) is 125 Å². The molecule has 6 N–H and O–H groups in total. The van der Waals surface area contributed by atoms with Crippen LogP contribution in [0.2, 0.25) is 0 Å². The summed E-state index contributed by atoms with van der Waals surface area (Å²) in [6, 6.07) is 18.2. The summed E-state index contributed by atoms with van der Waals surface area (Å²) in [5.41, 5.74) is 5.18. The maximum atomic E-state index is 13.8. The molecule has 12 nitrogen and oxygen atoms in total. The van der Waals surface area contributed by atoms with Crippen LogP contribution in [0.4, 0.5) is 10.5 Å². The lowest BCUT2D eigenvalue weighted by molar-refractivity contribution is -0.130. The lowest BCUT2D eigenvalue weighted by atomic mass is 9.81. The highest BCUT2D eigenvalue weighted by atomic mass is 16.6. The van der Waals surface area contributed by atoms with Gasteiger partial charge in [0.1, 0.15) is 11.6 Å². The summed E-state index contributed by atoms with van der Waals surface area (Å²) in [4.78, 5) is 52.3. The quantitative estimate of drug-likeness (QED) is 0.114. The molecule has 4 aromatic rings. The number of hydrogen-bond acceptors (Lipinski definition) is 7. The molecule has 0 radical (unpaired) electrons. The molecule has 280 valence electrons. The Kier molecular flexibility index (Phi) is 11.5. The summed E-state index contributed by atoms with van der Waals surface area (Å²) in [5, 5.41) is 29.3. The van der Waals surface area contributed by atoms with E-state index in [1.807, 2.05) is 88.4 Å². The maximum absolute atomic E-state index is 13.8. The van der Waals surface area contributed by atoms with Crippen LogP contribution in [0.15, 0.2) is 66.9 Å². The second kappa shape index (κ2) is 16.2. The van der Waals surface area contributed by atoms with Gasteiger partial charge >= 0.3 is 6.09 Å². The third kappa shape index (κ3) is 10.0. The summed E-state index contributed by atoms with van der Waals surface area (Å²) < 4.78 is 5.35. The van der Waals surface area contributed by atoms with E-state index in [-0.39, 0.29) is 48.1 Å². The molecule has 0 unspecified atom stereocenters. The Bertz CT molecular complexity index is 1940. The van der Waals surface area contributed by atoms with Crippen LogP contribution in [0.1, 0.15) is 80.8 Å². The van der Waals surface area contributed by atoms with Gasteiger partial charge in [0.25, 0.3) is 5.91 Å². The average molecular weight is 723 g/mol. The number of hydrogen-bond donors (Lipinski definition) is 6. The highest BCUT2D eigenvalue weighted by molar-refractivity contribution is 5.99. The number of anilines is 1. The number of aryl methyl sites for hydroxylation is 1. The van der Waals surface area contributed by atoms with Crippen molar-refractivity contribution < 1.29 is 29.0 Å². The smallest absolute Gasteiger partial charge is 0.407 e. The summed E-state index contributed by atoms with van der Waals surface area (Å²) in [5.74, 6) is -0.609. The van der Waals surface area contributed by atoms with E-state index in [9.17, 15) is 24.3 Å². The Morgan fingerprint density at radius 1 is 0.962 bits per heavy atom. The van der Waals surface area contributed by atoms with Crippen molar-refractivity contribution in [3.05, 3.63) is 83.6 Å². The minimum Gasteiger partial charge on any atom is -0.444 e. The molecule has 0 spiro atoms. The molecule has 2 aliphatic rings. The van der Waals surface area contributed by atoms with Crippen LogP contribution in [0.25, 0.3) is 22.0 Å². The Hall–Kier alpha value is -5.23. The van der Waals surface area contributed by atoms with Crippen molar-refractivity contribution in [1.29, 1.82) is 0 Å². The van der Waals surface area contributed by atoms with E-state index in [2.05, 4.69) is 31.5 Å². The highest BCUT2D eigenvalue weighted by Gasteiger charge is 2.31. The molecule has 0 saturated heterocycles. The van der Waals surface area contributed by atoms with E-state index >= 15 is 0 Å². The molecule has 0 bridgehead atoms.